The van der Waals surface area contributed by atoms with Crippen LogP contribution in [0, 0.1) is 0 Å². The molecule has 0 radical (unpaired) electrons. The highest BCUT2D eigenvalue weighted by Gasteiger charge is 2.39. The molecular weight excluding hydrogens is 412 g/mol. The van der Waals surface area contributed by atoms with Gasteiger partial charge in [-0.15, -0.1) is 0 Å². The van der Waals surface area contributed by atoms with Gasteiger partial charge in [0.1, 0.15) is 5.82 Å². The third-order valence-electron chi connectivity index (χ3n) is 7.53. The molecule has 2 atom stereocenters. The predicted molar refractivity (Wildman–Crippen MR) is 147 cm³/mol. The van der Waals surface area contributed by atoms with E-state index in [0.29, 0.717) is 12.0 Å². The zero-order valence-corrected chi connectivity index (χ0v) is 22.0. The average molecular weight is 459 g/mol. The van der Waals surface area contributed by atoms with E-state index in [2.05, 4.69) is 99.1 Å². The molecule has 2 unspecified atom stereocenters. The average Bonchev–Trinajstić information content (AvgIpc) is 3.34. The second-order valence-corrected chi connectivity index (χ2v) is 10.5. The summed E-state index contributed by atoms with van der Waals surface area (Å²) in [5.41, 5.74) is 2.79. The van der Waals surface area contributed by atoms with Crippen molar-refractivity contribution < 1.29 is 0 Å². The van der Waals surface area contributed by atoms with Crippen molar-refractivity contribution >= 4 is 0 Å². The van der Waals surface area contributed by atoms with Crippen molar-refractivity contribution in [2.75, 3.05) is 0 Å². The predicted octanol–water partition coefficient (Wildman–Crippen LogP) is 9.28. The van der Waals surface area contributed by atoms with E-state index >= 15 is 0 Å². The minimum atomic E-state index is -0.0261. The Morgan fingerprint density at radius 2 is 1.38 bits per heavy atom. The van der Waals surface area contributed by atoms with Crippen LogP contribution in [-0.2, 0) is 11.8 Å². The first-order chi connectivity index (χ1) is 16.6. The molecule has 0 N–H and O–H groups in total. The van der Waals surface area contributed by atoms with Gasteiger partial charge in [-0.3, -0.25) is 0 Å². The third kappa shape index (κ3) is 7.08. The SMILES string of the molecule is CCCCCCCCCCC(c1nccn1C(C)C)C(C)(Cc1ccccc1)c1ccccc1. The molecule has 0 saturated carbocycles. The molecule has 0 saturated heterocycles. The summed E-state index contributed by atoms with van der Waals surface area (Å²) in [7, 11) is 0. The summed E-state index contributed by atoms with van der Waals surface area (Å²) in [6.07, 6.45) is 17.2. The molecule has 2 nitrogen and oxygen atoms in total. The molecule has 3 aromatic rings. The highest BCUT2D eigenvalue weighted by atomic mass is 15.1. The second kappa shape index (κ2) is 13.5. The maximum absolute atomic E-state index is 4.98. The Hall–Kier alpha value is -2.35. The molecule has 1 aromatic heterocycles. The van der Waals surface area contributed by atoms with E-state index < -0.39 is 0 Å². The van der Waals surface area contributed by atoms with Crippen LogP contribution in [0.15, 0.2) is 73.1 Å². The van der Waals surface area contributed by atoms with Gasteiger partial charge < -0.3 is 4.57 Å². The summed E-state index contributed by atoms with van der Waals surface area (Å²) in [6.45, 7) is 9.32. The number of hydrogen-bond donors (Lipinski definition) is 0. The molecule has 0 aliphatic heterocycles. The van der Waals surface area contributed by atoms with E-state index in [0.717, 1.165) is 6.42 Å². The molecule has 2 heteroatoms. The van der Waals surface area contributed by atoms with Crippen LogP contribution in [0.4, 0.5) is 0 Å². The van der Waals surface area contributed by atoms with Crippen molar-refractivity contribution in [3.63, 3.8) is 0 Å². The minimum Gasteiger partial charge on any atom is -0.332 e. The topological polar surface area (TPSA) is 17.8 Å². The normalized spacial score (nSPS) is 14.3. The van der Waals surface area contributed by atoms with Gasteiger partial charge in [-0.1, -0.05) is 126 Å². The number of imidazole rings is 1. The maximum atomic E-state index is 4.98. The van der Waals surface area contributed by atoms with Gasteiger partial charge in [0.25, 0.3) is 0 Å². The Kier molecular flexibility index (Phi) is 10.4. The fourth-order valence-corrected chi connectivity index (χ4v) is 5.51. The molecule has 0 aliphatic carbocycles. The molecule has 0 fully saturated rings. The highest BCUT2D eigenvalue weighted by Crippen LogP contribution is 2.44. The molecule has 1 heterocycles. The molecular formula is C32H46N2. The summed E-state index contributed by atoms with van der Waals surface area (Å²) in [5.74, 6) is 1.62. The maximum Gasteiger partial charge on any atom is 0.112 e. The van der Waals surface area contributed by atoms with Crippen molar-refractivity contribution in [1.29, 1.82) is 0 Å². The van der Waals surface area contributed by atoms with E-state index in [1.807, 2.05) is 6.20 Å². The molecule has 0 aliphatic rings. The van der Waals surface area contributed by atoms with Crippen molar-refractivity contribution in [3.05, 3.63) is 90.0 Å². The lowest BCUT2D eigenvalue weighted by atomic mass is 9.66. The Bertz CT molecular complexity index is 928. The number of rotatable bonds is 15. The Morgan fingerprint density at radius 1 is 0.794 bits per heavy atom. The lowest BCUT2D eigenvalue weighted by Crippen LogP contribution is -2.35. The van der Waals surface area contributed by atoms with Gasteiger partial charge >= 0.3 is 0 Å². The van der Waals surface area contributed by atoms with Gasteiger partial charge in [-0.2, -0.15) is 0 Å². The van der Waals surface area contributed by atoms with E-state index in [1.165, 1.54) is 74.7 Å². The van der Waals surface area contributed by atoms with Crippen LogP contribution in [0.5, 0.6) is 0 Å². The molecule has 0 bridgehead atoms. The Labute approximate surface area is 208 Å². The van der Waals surface area contributed by atoms with Crippen LogP contribution < -0.4 is 0 Å². The van der Waals surface area contributed by atoms with Gasteiger partial charge in [0.15, 0.2) is 0 Å². The van der Waals surface area contributed by atoms with E-state index in [-0.39, 0.29) is 5.41 Å². The van der Waals surface area contributed by atoms with Crippen LogP contribution in [0.3, 0.4) is 0 Å². The molecule has 2 aromatic carbocycles. The standard InChI is InChI=1S/C32H46N2/c1-5-6-7-8-9-10-11-18-23-30(31-33-24-25-34(31)27(2)3)32(4,29-21-16-13-17-22-29)26-28-19-14-12-15-20-28/h12-17,19-22,24-25,27,30H,5-11,18,23,26H2,1-4H3. The summed E-state index contributed by atoms with van der Waals surface area (Å²) < 4.78 is 2.40. The van der Waals surface area contributed by atoms with Crippen molar-refractivity contribution in [2.45, 2.75) is 109 Å². The minimum absolute atomic E-state index is 0.0261. The van der Waals surface area contributed by atoms with Gasteiger partial charge in [-0.05, 0) is 37.8 Å². The lowest BCUT2D eigenvalue weighted by Gasteiger charge is -2.39. The van der Waals surface area contributed by atoms with Crippen LogP contribution in [0.1, 0.15) is 114 Å². The zero-order valence-electron chi connectivity index (χ0n) is 22.0. The van der Waals surface area contributed by atoms with Crippen LogP contribution in [0.2, 0.25) is 0 Å². The first kappa shape index (κ1) is 26.3. The summed E-state index contributed by atoms with van der Waals surface area (Å²) in [6, 6.07) is 22.6. The van der Waals surface area contributed by atoms with Crippen LogP contribution in [-0.4, -0.2) is 9.55 Å². The second-order valence-electron chi connectivity index (χ2n) is 10.5. The molecule has 34 heavy (non-hydrogen) atoms. The van der Waals surface area contributed by atoms with Crippen molar-refractivity contribution in [1.82, 2.24) is 9.55 Å². The first-order valence-electron chi connectivity index (χ1n) is 13.7. The number of benzene rings is 2. The molecule has 0 amide bonds. The van der Waals surface area contributed by atoms with Crippen LogP contribution in [0.25, 0.3) is 0 Å². The van der Waals surface area contributed by atoms with Crippen molar-refractivity contribution in [3.8, 4) is 0 Å². The van der Waals surface area contributed by atoms with Gasteiger partial charge in [-0.25, -0.2) is 4.98 Å². The Morgan fingerprint density at radius 3 is 2.00 bits per heavy atom. The van der Waals surface area contributed by atoms with Gasteiger partial charge in [0.2, 0.25) is 0 Å². The number of aromatic nitrogens is 2. The summed E-state index contributed by atoms with van der Waals surface area (Å²) in [5, 5.41) is 0. The number of hydrogen-bond acceptors (Lipinski definition) is 1. The van der Waals surface area contributed by atoms with E-state index in [4.69, 9.17) is 4.98 Å². The van der Waals surface area contributed by atoms with Crippen molar-refractivity contribution in [2.24, 2.45) is 0 Å². The van der Waals surface area contributed by atoms with E-state index in [9.17, 15) is 0 Å². The van der Waals surface area contributed by atoms with Crippen LogP contribution >= 0.6 is 0 Å². The zero-order chi connectivity index (χ0) is 24.2. The summed E-state index contributed by atoms with van der Waals surface area (Å²) >= 11 is 0. The van der Waals surface area contributed by atoms with Gasteiger partial charge in [0, 0.05) is 29.8 Å². The van der Waals surface area contributed by atoms with Gasteiger partial charge in [0.05, 0.1) is 0 Å². The third-order valence-corrected chi connectivity index (χ3v) is 7.53. The smallest absolute Gasteiger partial charge is 0.112 e. The first-order valence-corrected chi connectivity index (χ1v) is 13.7. The fourth-order valence-electron chi connectivity index (χ4n) is 5.51. The largest absolute Gasteiger partial charge is 0.332 e. The molecule has 184 valence electrons. The van der Waals surface area contributed by atoms with E-state index in [1.54, 1.807) is 0 Å². The Balaban J connectivity index is 1.87. The molecule has 0 spiro atoms. The fraction of sp³-hybridized carbons (Fsp3) is 0.531. The number of nitrogens with zero attached hydrogens (tertiary/aromatic N) is 2. The lowest BCUT2D eigenvalue weighted by molar-refractivity contribution is 0.318. The number of unbranched alkanes of at least 4 members (excludes halogenated alkanes) is 7. The molecule has 3 rings (SSSR count). The quantitative estimate of drug-likeness (QED) is 0.207. The highest BCUT2D eigenvalue weighted by molar-refractivity contribution is 5.33. The summed E-state index contributed by atoms with van der Waals surface area (Å²) in [4.78, 5) is 4.98. The monoisotopic (exact) mass is 458 g/mol.